The Bertz CT molecular complexity index is 1170. The Kier molecular flexibility index (Phi) is 3.39. The van der Waals surface area contributed by atoms with Crippen LogP contribution in [0.25, 0.3) is 33.7 Å². The molecule has 124 valence electrons. The summed E-state index contributed by atoms with van der Waals surface area (Å²) in [6.45, 7) is 0. The Morgan fingerprint density at radius 2 is 1.62 bits per heavy atom. The van der Waals surface area contributed by atoms with Crippen molar-refractivity contribution in [3.8, 4) is 22.6 Å². The topological polar surface area (TPSA) is 35.6 Å². The lowest BCUT2D eigenvalue weighted by molar-refractivity contribution is 1.08. The summed E-state index contributed by atoms with van der Waals surface area (Å²) in [4.78, 5) is 9.05. The molecule has 4 nitrogen and oxygen atoms in total. The molecule has 5 aromatic rings. The van der Waals surface area contributed by atoms with Crippen molar-refractivity contribution in [2.24, 2.45) is 0 Å². The summed E-state index contributed by atoms with van der Waals surface area (Å²) in [5.41, 5.74) is 6.29. The normalized spacial score (nSPS) is 11.1. The van der Waals surface area contributed by atoms with Gasteiger partial charge in [-0.3, -0.25) is 9.55 Å². The first-order chi connectivity index (χ1) is 12.9. The summed E-state index contributed by atoms with van der Waals surface area (Å²) >= 11 is 0. The molecule has 0 aliphatic carbocycles. The molecule has 0 bridgehead atoms. The minimum absolute atomic E-state index is 0.966. The molecule has 2 aromatic carbocycles. The molecular formula is C22H16N4. The molecule has 3 aromatic heterocycles. The molecule has 0 atom stereocenters. The van der Waals surface area contributed by atoms with E-state index in [2.05, 4.69) is 61.6 Å². The Morgan fingerprint density at radius 1 is 0.692 bits per heavy atom. The minimum atomic E-state index is 0.966. The van der Waals surface area contributed by atoms with E-state index in [1.807, 2.05) is 55.2 Å². The van der Waals surface area contributed by atoms with Crippen molar-refractivity contribution < 1.29 is 0 Å². The first-order valence-corrected chi connectivity index (χ1v) is 8.51. The van der Waals surface area contributed by atoms with Gasteiger partial charge < -0.3 is 4.57 Å². The van der Waals surface area contributed by atoms with Crippen LogP contribution in [-0.4, -0.2) is 19.1 Å². The lowest BCUT2D eigenvalue weighted by Crippen LogP contribution is -1.94. The van der Waals surface area contributed by atoms with Gasteiger partial charge in [0.2, 0.25) is 0 Å². The van der Waals surface area contributed by atoms with Crippen LogP contribution in [0.2, 0.25) is 0 Å². The molecule has 0 saturated carbocycles. The van der Waals surface area contributed by atoms with Gasteiger partial charge in [0, 0.05) is 35.5 Å². The van der Waals surface area contributed by atoms with E-state index in [1.54, 1.807) is 0 Å². The molecule has 0 saturated heterocycles. The third-order valence-electron chi connectivity index (χ3n) is 4.52. The lowest BCUT2D eigenvalue weighted by atomic mass is 10.1. The smallest absolute Gasteiger partial charge is 0.100 e. The van der Waals surface area contributed by atoms with E-state index in [-0.39, 0.29) is 0 Å². The summed E-state index contributed by atoms with van der Waals surface area (Å²) in [6.07, 6.45) is 7.77. The standard InChI is InChI=1S/C22H16N4/c1-2-11-23-20(8-1)17-6-5-7-19(14-17)26-16-24-21-15-18(9-10-22(21)26)25-12-3-4-13-25/h1-16H. The zero-order valence-electron chi connectivity index (χ0n) is 14.0. The predicted molar refractivity (Wildman–Crippen MR) is 104 cm³/mol. The van der Waals surface area contributed by atoms with E-state index < -0.39 is 0 Å². The van der Waals surface area contributed by atoms with Crippen LogP contribution in [0.3, 0.4) is 0 Å². The number of rotatable bonds is 3. The summed E-state index contributed by atoms with van der Waals surface area (Å²) in [6, 6.07) is 24.7. The van der Waals surface area contributed by atoms with Crippen molar-refractivity contribution >= 4 is 11.0 Å². The largest absolute Gasteiger partial charge is 0.324 e. The van der Waals surface area contributed by atoms with E-state index >= 15 is 0 Å². The van der Waals surface area contributed by atoms with Gasteiger partial charge in [0.05, 0.1) is 16.7 Å². The number of fused-ring (bicyclic) bond motifs is 1. The fourth-order valence-corrected chi connectivity index (χ4v) is 3.22. The maximum Gasteiger partial charge on any atom is 0.100 e. The lowest BCUT2D eigenvalue weighted by Gasteiger charge is -2.08. The number of benzene rings is 2. The zero-order valence-corrected chi connectivity index (χ0v) is 14.0. The van der Waals surface area contributed by atoms with E-state index in [0.717, 1.165) is 33.7 Å². The molecule has 0 unspecified atom stereocenters. The molecule has 0 fully saturated rings. The van der Waals surface area contributed by atoms with Gasteiger partial charge in [0.25, 0.3) is 0 Å². The van der Waals surface area contributed by atoms with E-state index in [9.17, 15) is 0 Å². The molecule has 0 spiro atoms. The van der Waals surface area contributed by atoms with Crippen LogP contribution in [0.4, 0.5) is 0 Å². The number of imidazole rings is 1. The Balaban J connectivity index is 1.59. The van der Waals surface area contributed by atoms with Gasteiger partial charge in [0.15, 0.2) is 0 Å². The molecule has 3 heterocycles. The highest BCUT2D eigenvalue weighted by Gasteiger charge is 2.08. The van der Waals surface area contributed by atoms with E-state index in [4.69, 9.17) is 0 Å². The fraction of sp³-hybridized carbons (Fsp3) is 0. The average molecular weight is 336 g/mol. The van der Waals surface area contributed by atoms with Crippen LogP contribution in [-0.2, 0) is 0 Å². The molecular weight excluding hydrogens is 320 g/mol. The molecule has 5 rings (SSSR count). The van der Waals surface area contributed by atoms with Crippen molar-refractivity contribution in [3.05, 3.63) is 97.7 Å². The predicted octanol–water partition coefficient (Wildman–Crippen LogP) is 4.88. The Labute approximate surface area is 151 Å². The second-order valence-electron chi connectivity index (χ2n) is 6.14. The van der Waals surface area contributed by atoms with Gasteiger partial charge >= 0.3 is 0 Å². The van der Waals surface area contributed by atoms with E-state index in [0.29, 0.717) is 0 Å². The summed E-state index contributed by atoms with van der Waals surface area (Å²) in [5, 5.41) is 0. The van der Waals surface area contributed by atoms with Crippen LogP contribution in [0.15, 0.2) is 97.7 Å². The maximum absolute atomic E-state index is 4.60. The molecule has 0 N–H and O–H groups in total. The molecule has 0 amide bonds. The second-order valence-corrected chi connectivity index (χ2v) is 6.14. The first-order valence-electron chi connectivity index (χ1n) is 8.51. The van der Waals surface area contributed by atoms with Crippen LogP contribution in [0.1, 0.15) is 0 Å². The highest BCUT2D eigenvalue weighted by atomic mass is 15.1. The Hall–Kier alpha value is -3.66. The minimum Gasteiger partial charge on any atom is -0.324 e. The van der Waals surface area contributed by atoms with Crippen molar-refractivity contribution in [2.45, 2.75) is 0 Å². The van der Waals surface area contributed by atoms with Gasteiger partial charge in [-0.15, -0.1) is 0 Å². The SMILES string of the molecule is c1ccc(-c2cccc(-n3cnc4cc(-n5cccc5)ccc43)c2)nc1. The molecule has 4 heteroatoms. The number of hydrogen-bond acceptors (Lipinski definition) is 2. The van der Waals surface area contributed by atoms with Crippen molar-refractivity contribution in [1.29, 1.82) is 0 Å². The average Bonchev–Trinajstić information content (AvgIpc) is 3.38. The van der Waals surface area contributed by atoms with Crippen molar-refractivity contribution in [2.75, 3.05) is 0 Å². The number of aromatic nitrogens is 4. The summed E-state index contributed by atoms with van der Waals surface area (Å²) < 4.78 is 4.20. The van der Waals surface area contributed by atoms with Gasteiger partial charge in [-0.05, 0) is 54.6 Å². The quantitative estimate of drug-likeness (QED) is 0.471. The van der Waals surface area contributed by atoms with Gasteiger partial charge in [-0.2, -0.15) is 0 Å². The first kappa shape index (κ1) is 14.7. The molecule has 0 aliphatic rings. The number of pyridine rings is 1. The highest BCUT2D eigenvalue weighted by Crippen LogP contribution is 2.24. The molecule has 26 heavy (non-hydrogen) atoms. The van der Waals surface area contributed by atoms with Crippen LogP contribution in [0, 0.1) is 0 Å². The number of hydrogen-bond donors (Lipinski definition) is 0. The summed E-state index contributed by atoms with van der Waals surface area (Å²) in [7, 11) is 0. The van der Waals surface area contributed by atoms with Gasteiger partial charge in [-0.25, -0.2) is 4.98 Å². The van der Waals surface area contributed by atoms with Crippen LogP contribution >= 0.6 is 0 Å². The second kappa shape index (κ2) is 6.01. The van der Waals surface area contributed by atoms with Gasteiger partial charge in [0.1, 0.15) is 6.33 Å². The monoisotopic (exact) mass is 336 g/mol. The van der Waals surface area contributed by atoms with Crippen molar-refractivity contribution in [1.82, 2.24) is 19.1 Å². The van der Waals surface area contributed by atoms with Crippen LogP contribution in [0.5, 0.6) is 0 Å². The third-order valence-corrected chi connectivity index (χ3v) is 4.52. The molecule has 0 radical (unpaired) electrons. The highest BCUT2D eigenvalue weighted by molar-refractivity contribution is 5.80. The zero-order chi connectivity index (χ0) is 17.3. The van der Waals surface area contributed by atoms with Crippen LogP contribution < -0.4 is 0 Å². The molecule has 0 aliphatic heterocycles. The van der Waals surface area contributed by atoms with E-state index in [1.165, 1.54) is 0 Å². The maximum atomic E-state index is 4.60. The van der Waals surface area contributed by atoms with Gasteiger partial charge in [-0.1, -0.05) is 18.2 Å². The summed E-state index contributed by atoms with van der Waals surface area (Å²) in [5.74, 6) is 0. The van der Waals surface area contributed by atoms with Crippen molar-refractivity contribution in [3.63, 3.8) is 0 Å². The third kappa shape index (κ3) is 2.48. The number of nitrogens with zero attached hydrogens (tertiary/aromatic N) is 4. The fourth-order valence-electron chi connectivity index (χ4n) is 3.22. The Morgan fingerprint density at radius 3 is 2.46 bits per heavy atom.